The third kappa shape index (κ3) is 19.0. The lowest BCUT2D eigenvalue weighted by Gasteiger charge is -2.23. The molecule has 0 unspecified atom stereocenters. The van der Waals surface area contributed by atoms with Crippen LogP contribution in [0.2, 0.25) is 0 Å². The molecule has 12 nitrogen and oxygen atoms in total. The molecule has 0 aliphatic carbocycles. The molecule has 0 aromatic carbocycles. The van der Waals surface area contributed by atoms with E-state index in [-0.39, 0.29) is 39.0 Å². The number of amides is 2. The first-order valence-corrected chi connectivity index (χ1v) is 11.4. The summed E-state index contributed by atoms with van der Waals surface area (Å²) in [7, 11) is 6.18. The molecule has 0 aromatic heterocycles. The minimum atomic E-state index is -0.00716. The largest absolute Gasteiger partial charge is 0.359 e. The Morgan fingerprint density at radius 1 is 0.500 bits per heavy atom. The molecule has 0 saturated heterocycles. The van der Waals surface area contributed by atoms with E-state index in [0.717, 1.165) is 0 Å². The van der Waals surface area contributed by atoms with E-state index in [2.05, 4.69) is 0 Å². The van der Waals surface area contributed by atoms with E-state index in [4.69, 9.17) is 37.9 Å². The van der Waals surface area contributed by atoms with Gasteiger partial charge in [0.1, 0.15) is 27.2 Å². The van der Waals surface area contributed by atoms with Crippen LogP contribution in [0.5, 0.6) is 0 Å². The number of nitrogens with zero attached hydrogens (tertiary/aromatic N) is 2. The fourth-order valence-electron chi connectivity index (χ4n) is 2.86. The van der Waals surface area contributed by atoms with Crippen LogP contribution in [0.4, 0.5) is 0 Å². The molecule has 12 heteroatoms. The molecule has 0 heterocycles. The predicted octanol–water partition coefficient (Wildman–Crippen LogP) is 0.686. The Kier molecular flexibility index (Phi) is 23.7. The molecule has 202 valence electrons. The average Bonchev–Trinajstić information content (AvgIpc) is 2.84. The Morgan fingerprint density at radius 2 is 0.765 bits per heavy atom. The van der Waals surface area contributed by atoms with Crippen LogP contribution in [0.25, 0.3) is 0 Å². The van der Waals surface area contributed by atoms with E-state index in [1.807, 2.05) is 0 Å². The number of carbonyl (C=O) groups is 2. The van der Waals surface area contributed by atoms with Crippen LogP contribution in [-0.4, -0.2) is 130 Å². The molecule has 0 saturated carbocycles. The van der Waals surface area contributed by atoms with Crippen LogP contribution < -0.4 is 0 Å². The van der Waals surface area contributed by atoms with Gasteiger partial charge in [-0.05, 0) is 12.8 Å². The van der Waals surface area contributed by atoms with Gasteiger partial charge >= 0.3 is 0 Å². The Bertz CT molecular complexity index is 419. The van der Waals surface area contributed by atoms with Crippen molar-refractivity contribution in [3.05, 3.63) is 0 Å². The second-order valence-corrected chi connectivity index (χ2v) is 7.23. The highest BCUT2D eigenvalue weighted by molar-refractivity contribution is 5.77. The third-order valence-electron chi connectivity index (χ3n) is 4.56. The van der Waals surface area contributed by atoms with Crippen LogP contribution in [-0.2, 0) is 47.5 Å². The summed E-state index contributed by atoms with van der Waals surface area (Å²) in [5, 5.41) is 0. The van der Waals surface area contributed by atoms with Crippen molar-refractivity contribution in [2.45, 2.75) is 25.7 Å². The van der Waals surface area contributed by atoms with Crippen molar-refractivity contribution in [3.63, 3.8) is 0 Å². The molecule has 0 fully saturated rings. The minimum Gasteiger partial charge on any atom is -0.359 e. The first kappa shape index (κ1) is 32.6. The second-order valence-electron chi connectivity index (χ2n) is 7.23. The first-order chi connectivity index (χ1) is 16.6. The van der Waals surface area contributed by atoms with E-state index >= 15 is 0 Å². The van der Waals surface area contributed by atoms with Crippen LogP contribution >= 0.6 is 0 Å². The van der Waals surface area contributed by atoms with Gasteiger partial charge in [-0.25, -0.2) is 0 Å². The molecule has 0 aromatic rings. The van der Waals surface area contributed by atoms with Gasteiger partial charge in [0.2, 0.25) is 11.8 Å². The van der Waals surface area contributed by atoms with Crippen molar-refractivity contribution >= 4 is 11.8 Å². The van der Waals surface area contributed by atoms with E-state index in [9.17, 15) is 9.59 Å². The summed E-state index contributed by atoms with van der Waals surface area (Å²) in [4.78, 5) is 28.7. The summed E-state index contributed by atoms with van der Waals surface area (Å²) >= 11 is 0. The summed E-state index contributed by atoms with van der Waals surface area (Å²) in [5.74, 6) is -0.0143. The number of methoxy groups -OCH3 is 4. The monoisotopic (exact) mass is 496 g/mol. The van der Waals surface area contributed by atoms with E-state index in [0.29, 0.717) is 78.3 Å². The summed E-state index contributed by atoms with van der Waals surface area (Å²) in [5.41, 5.74) is 0. The Balaban J connectivity index is 4.43. The molecule has 0 rings (SSSR count). The van der Waals surface area contributed by atoms with E-state index < -0.39 is 0 Å². The first-order valence-electron chi connectivity index (χ1n) is 11.4. The molecule has 0 N–H and O–H groups in total. The maximum absolute atomic E-state index is 12.7. The fourth-order valence-corrected chi connectivity index (χ4v) is 2.86. The zero-order chi connectivity index (χ0) is 25.3. The number of hydrogen-bond acceptors (Lipinski definition) is 10. The van der Waals surface area contributed by atoms with Crippen LogP contribution in [0.15, 0.2) is 0 Å². The van der Waals surface area contributed by atoms with Crippen LogP contribution in [0.3, 0.4) is 0 Å². The molecule has 0 spiro atoms. The highest BCUT2D eigenvalue weighted by Crippen LogP contribution is 2.07. The maximum Gasteiger partial charge on any atom is 0.222 e. The average molecular weight is 497 g/mol. The summed E-state index contributed by atoms with van der Waals surface area (Å²) in [6.07, 6.45) is 1.89. The predicted molar refractivity (Wildman–Crippen MR) is 123 cm³/mol. The van der Waals surface area contributed by atoms with Gasteiger partial charge in [0.15, 0.2) is 0 Å². The molecule has 0 bridgehead atoms. The van der Waals surface area contributed by atoms with Crippen LogP contribution in [0, 0.1) is 0 Å². The van der Waals surface area contributed by atoms with Gasteiger partial charge < -0.3 is 47.7 Å². The van der Waals surface area contributed by atoms with Gasteiger partial charge in [0.25, 0.3) is 0 Å². The lowest BCUT2D eigenvalue weighted by Crippen LogP contribution is -2.37. The summed E-state index contributed by atoms with van der Waals surface area (Å²) < 4.78 is 40.6. The number of ether oxygens (including phenoxy) is 8. The minimum absolute atomic E-state index is 0.00716. The molecular formula is C22H44N2O10. The third-order valence-corrected chi connectivity index (χ3v) is 4.56. The highest BCUT2D eigenvalue weighted by atomic mass is 16.7. The summed E-state index contributed by atoms with van der Waals surface area (Å²) in [6, 6.07) is 0. The second kappa shape index (κ2) is 24.7. The number of rotatable bonds is 25. The van der Waals surface area contributed by atoms with Crippen molar-refractivity contribution in [2.24, 2.45) is 0 Å². The standard InChI is InChI=1S/C22H44N2O10/c1-27-17-31-13-9-23(10-14-32-18-28-2)21(25)7-5-6-8-22(26)24(11-15-33-19-29-3)12-16-34-20-30-4/h5-20H2,1-4H3. The molecule has 2 amide bonds. The normalized spacial score (nSPS) is 11.1. The molecule has 34 heavy (non-hydrogen) atoms. The van der Waals surface area contributed by atoms with Crippen molar-refractivity contribution in [1.29, 1.82) is 0 Å². The smallest absolute Gasteiger partial charge is 0.222 e. The van der Waals surface area contributed by atoms with E-state index in [1.165, 1.54) is 0 Å². The number of unbranched alkanes of at least 4 members (excludes halogenated alkanes) is 1. The summed E-state index contributed by atoms with van der Waals surface area (Å²) in [6.45, 7) is 3.93. The quantitative estimate of drug-likeness (QED) is 0.132. The molecule has 0 aliphatic rings. The van der Waals surface area contributed by atoms with Gasteiger partial charge in [-0.15, -0.1) is 0 Å². The molecule has 0 atom stereocenters. The molecule has 0 radical (unpaired) electrons. The van der Waals surface area contributed by atoms with Gasteiger partial charge in [-0.3, -0.25) is 9.59 Å². The van der Waals surface area contributed by atoms with Crippen molar-refractivity contribution in [2.75, 3.05) is 108 Å². The van der Waals surface area contributed by atoms with Gasteiger partial charge in [-0.1, -0.05) is 0 Å². The maximum atomic E-state index is 12.7. The van der Waals surface area contributed by atoms with E-state index in [1.54, 1.807) is 38.2 Å². The lowest BCUT2D eigenvalue weighted by atomic mass is 10.1. The van der Waals surface area contributed by atoms with Crippen LogP contribution in [0.1, 0.15) is 25.7 Å². The lowest BCUT2D eigenvalue weighted by molar-refractivity contribution is -0.136. The fraction of sp³-hybridized carbons (Fsp3) is 0.909. The molecule has 0 aliphatic heterocycles. The van der Waals surface area contributed by atoms with Gasteiger partial charge in [-0.2, -0.15) is 0 Å². The van der Waals surface area contributed by atoms with Gasteiger partial charge in [0, 0.05) is 67.5 Å². The topological polar surface area (TPSA) is 114 Å². The van der Waals surface area contributed by atoms with Crippen molar-refractivity contribution < 1.29 is 47.5 Å². The number of hydrogen-bond donors (Lipinski definition) is 0. The van der Waals surface area contributed by atoms with Gasteiger partial charge in [0.05, 0.1) is 26.4 Å². The zero-order valence-electron chi connectivity index (χ0n) is 21.3. The SMILES string of the molecule is COCOCCN(CCOCOC)C(=O)CCCCC(=O)N(CCOCOC)CCOCOC. The Labute approximate surface area is 203 Å². The van der Waals surface area contributed by atoms with Crippen molar-refractivity contribution in [3.8, 4) is 0 Å². The van der Waals surface area contributed by atoms with Crippen molar-refractivity contribution in [1.82, 2.24) is 9.80 Å². The Hall–Kier alpha value is -1.38. The number of carbonyl (C=O) groups excluding carboxylic acids is 2. The molecular weight excluding hydrogens is 452 g/mol. The zero-order valence-corrected chi connectivity index (χ0v) is 21.3. The Morgan fingerprint density at radius 3 is 1.00 bits per heavy atom. The highest BCUT2D eigenvalue weighted by Gasteiger charge is 2.16.